The number of hydrogen-bond acceptors (Lipinski definition) is 4. The number of carboxylic acids is 1. The summed E-state index contributed by atoms with van der Waals surface area (Å²) in [6, 6.07) is 7.37. The molecule has 0 bridgehead atoms. The molecule has 2 atom stereocenters. The molecule has 4 nitrogen and oxygen atoms in total. The van der Waals surface area contributed by atoms with Crippen molar-refractivity contribution in [2.24, 2.45) is 5.92 Å². The van der Waals surface area contributed by atoms with Gasteiger partial charge in [-0.15, -0.1) is 11.8 Å². The van der Waals surface area contributed by atoms with Crippen LogP contribution in [0.25, 0.3) is 0 Å². The van der Waals surface area contributed by atoms with E-state index in [1.807, 2.05) is 18.2 Å². The zero-order chi connectivity index (χ0) is 17.6. The molecule has 24 heavy (non-hydrogen) atoms. The zero-order valence-electron chi connectivity index (χ0n) is 14.3. The van der Waals surface area contributed by atoms with Gasteiger partial charge in [-0.2, -0.15) is 0 Å². The molecule has 2 rings (SSSR count). The van der Waals surface area contributed by atoms with Gasteiger partial charge in [-0.1, -0.05) is 30.4 Å². The maximum Gasteiger partial charge on any atom is 0.303 e. The van der Waals surface area contributed by atoms with Gasteiger partial charge in [-0.25, -0.2) is 0 Å². The van der Waals surface area contributed by atoms with Crippen LogP contribution < -0.4 is 0 Å². The Hall–Kier alpha value is -1.46. The Morgan fingerprint density at radius 1 is 1.38 bits per heavy atom. The molecule has 0 radical (unpaired) electrons. The van der Waals surface area contributed by atoms with Gasteiger partial charge in [-0.3, -0.25) is 4.79 Å². The van der Waals surface area contributed by atoms with Crippen molar-refractivity contribution in [3.05, 3.63) is 42.0 Å². The SMILES string of the molecule is CC1(C)O[C@@H](c2ccccc2O)[C@@H](CC=CCCCC(=O)O)CS1. The number of carbonyl (C=O) groups is 1. The number of thioether (sulfide) groups is 1. The van der Waals surface area contributed by atoms with E-state index in [1.54, 1.807) is 17.8 Å². The summed E-state index contributed by atoms with van der Waals surface area (Å²) in [6.45, 7) is 4.12. The van der Waals surface area contributed by atoms with Gasteiger partial charge >= 0.3 is 5.97 Å². The molecule has 5 heteroatoms. The zero-order valence-corrected chi connectivity index (χ0v) is 15.1. The van der Waals surface area contributed by atoms with Crippen molar-refractivity contribution in [3.63, 3.8) is 0 Å². The molecule has 1 aromatic rings. The molecule has 132 valence electrons. The van der Waals surface area contributed by atoms with Crippen LogP contribution in [0, 0.1) is 5.92 Å². The molecule has 1 aliphatic heterocycles. The van der Waals surface area contributed by atoms with Crippen LogP contribution in [0.4, 0.5) is 0 Å². The predicted molar refractivity (Wildman–Crippen MR) is 97.2 cm³/mol. The van der Waals surface area contributed by atoms with Crippen molar-refractivity contribution in [1.29, 1.82) is 0 Å². The fourth-order valence-electron chi connectivity index (χ4n) is 2.83. The lowest BCUT2D eigenvalue weighted by atomic mass is 9.92. The number of allylic oxidation sites excluding steroid dienone is 2. The van der Waals surface area contributed by atoms with Crippen LogP contribution in [0.5, 0.6) is 5.75 Å². The summed E-state index contributed by atoms with van der Waals surface area (Å²) in [5.41, 5.74) is 0.843. The summed E-state index contributed by atoms with van der Waals surface area (Å²) in [6.07, 6.45) is 6.54. The van der Waals surface area contributed by atoms with E-state index in [0.717, 1.165) is 24.2 Å². The Kier molecular flexibility index (Phi) is 6.75. The molecular formula is C19H26O4S. The molecule has 1 heterocycles. The second-order valence-corrected chi connectivity index (χ2v) is 8.17. The minimum atomic E-state index is -0.748. The van der Waals surface area contributed by atoms with Crippen molar-refractivity contribution >= 4 is 17.7 Å². The first kappa shape index (κ1) is 18.9. The first-order valence-electron chi connectivity index (χ1n) is 8.35. The number of phenolic OH excluding ortho intramolecular Hbond substituents is 1. The molecule has 1 fully saturated rings. The van der Waals surface area contributed by atoms with E-state index in [1.165, 1.54) is 0 Å². The fourth-order valence-corrected chi connectivity index (χ4v) is 3.93. The number of aliphatic carboxylic acids is 1. The third-order valence-corrected chi connectivity index (χ3v) is 5.48. The minimum absolute atomic E-state index is 0.133. The Morgan fingerprint density at radius 2 is 2.12 bits per heavy atom. The van der Waals surface area contributed by atoms with E-state index in [0.29, 0.717) is 6.42 Å². The molecule has 0 unspecified atom stereocenters. The van der Waals surface area contributed by atoms with Gasteiger partial charge < -0.3 is 14.9 Å². The second-order valence-electron chi connectivity index (χ2n) is 6.56. The summed E-state index contributed by atoms with van der Waals surface area (Å²) >= 11 is 1.79. The number of benzene rings is 1. The van der Waals surface area contributed by atoms with Crippen LogP contribution in [-0.2, 0) is 9.53 Å². The molecule has 0 spiro atoms. The molecule has 0 amide bonds. The van der Waals surface area contributed by atoms with Crippen molar-refractivity contribution < 1.29 is 19.7 Å². The van der Waals surface area contributed by atoms with Crippen LogP contribution in [0.1, 0.15) is 51.2 Å². The molecule has 0 aliphatic carbocycles. The molecule has 1 aliphatic rings. The normalized spacial score (nSPS) is 23.4. The van der Waals surface area contributed by atoms with Crippen molar-refractivity contribution in [2.45, 2.75) is 50.6 Å². The average Bonchev–Trinajstić information content (AvgIpc) is 2.51. The van der Waals surface area contributed by atoms with Crippen LogP contribution in [0.2, 0.25) is 0 Å². The molecule has 1 aromatic carbocycles. The summed E-state index contributed by atoms with van der Waals surface area (Å²) in [7, 11) is 0. The summed E-state index contributed by atoms with van der Waals surface area (Å²) in [5, 5.41) is 18.8. The third-order valence-electron chi connectivity index (χ3n) is 4.09. The average molecular weight is 350 g/mol. The van der Waals surface area contributed by atoms with Gasteiger partial charge in [0.2, 0.25) is 0 Å². The number of phenols is 1. The van der Waals surface area contributed by atoms with Crippen LogP contribution in [0.3, 0.4) is 0 Å². The third kappa shape index (κ3) is 5.56. The highest BCUT2D eigenvalue weighted by Crippen LogP contribution is 2.46. The van der Waals surface area contributed by atoms with Crippen molar-refractivity contribution in [1.82, 2.24) is 0 Å². The highest BCUT2D eigenvalue weighted by atomic mass is 32.2. The van der Waals surface area contributed by atoms with Crippen molar-refractivity contribution in [3.8, 4) is 5.75 Å². The monoisotopic (exact) mass is 350 g/mol. The largest absolute Gasteiger partial charge is 0.508 e. The number of carboxylic acid groups (broad SMARTS) is 1. The smallest absolute Gasteiger partial charge is 0.303 e. The number of rotatable bonds is 7. The Bertz CT molecular complexity index is 582. The maximum atomic E-state index is 10.5. The van der Waals surface area contributed by atoms with Gasteiger partial charge in [0.1, 0.15) is 10.7 Å². The van der Waals surface area contributed by atoms with Gasteiger partial charge in [0, 0.05) is 23.7 Å². The summed E-state index contributed by atoms with van der Waals surface area (Å²) < 4.78 is 6.25. The van der Waals surface area contributed by atoms with E-state index < -0.39 is 5.97 Å². The maximum absolute atomic E-state index is 10.5. The number of unbranched alkanes of at least 4 members (excludes halogenated alkanes) is 1. The Morgan fingerprint density at radius 3 is 2.83 bits per heavy atom. The highest BCUT2D eigenvalue weighted by molar-refractivity contribution is 8.00. The van der Waals surface area contributed by atoms with E-state index >= 15 is 0 Å². The Balaban J connectivity index is 2.00. The number of aromatic hydroxyl groups is 1. The summed E-state index contributed by atoms with van der Waals surface area (Å²) in [5.74, 6) is 0.779. The van der Waals surface area contributed by atoms with Crippen LogP contribution >= 0.6 is 11.8 Å². The van der Waals surface area contributed by atoms with Crippen LogP contribution in [-0.4, -0.2) is 26.9 Å². The minimum Gasteiger partial charge on any atom is -0.508 e. The van der Waals surface area contributed by atoms with E-state index in [2.05, 4.69) is 26.0 Å². The van der Waals surface area contributed by atoms with E-state index in [9.17, 15) is 9.90 Å². The van der Waals surface area contributed by atoms with Gasteiger partial charge in [0.25, 0.3) is 0 Å². The fraction of sp³-hybridized carbons (Fsp3) is 0.526. The van der Waals surface area contributed by atoms with Crippen molar-refractivity contribution in [2.75, 3.05) is 5.75 Å². The van der Waals surface area contributed by atoms with E-state index in [-0.39, 0.29) is 29.1 Å². The topological polar surface area (TPSA) is 66.8 Å². The Labute approximate surface area is 147 Å². The molecule has 0 saturated carbocycles. The summed E-state index contributed by atoms with van der Waals surface area (Å²) in [4.78, 5) is 10.2. The highest BCUT2D eigenvalue weighted by Gasteiger charge is 2.37. The van der Waals surface area contributed by atoms with Crippen LogP contribution in [0.15, 0.2) is 36.4 Å². The van der Waals surface area contributed by atoms with Gasteiger partial charge in [0.15, 0.2) is 0 Å². The number of hydrogen-bond donors (Lipinski definition) is 2. The molecule has 1 saturated heterocycles. The molecule has 2 N–H and O–H groups in total. The first-order valence-corrected chi connectivity index (χ1v) is 9.34. The quantitative estimate of drug-likeness (QED) is 0.549. The lowest BCUT2D eigenvalue weighted by Crippen LogP contribution is -2.34. The second kappa shape index (κ2) is 8.58. The molecular weight excluding hydrogens is 324 g/mol. The standard InChI is InChI=1S/C19H26O4S/c1-19(2)23-18(15-10-7-8-11-16(15)20)14(13-24-19)9-5-3-4-6-12-17(21)22/h3,5,7-8,10-11,14,18,20H,4,6,9,12-13H2,1-2H3,(H,21,22)/t14-,18+/m0/s1. The number of para-hydroxylation sites is 1. The van der Waals surface area contributed by atoms with E-state index in [4.69, 9.17) is 9.84 Å². The predicted octanol–water partition coefficient (Wildman–Crippen LogP) is 4.75. The lowest BCUT2D eigenvalue weighted by Gasteiger charge is -2.41. The van der Waals surface area contributed by atoms with Gasteiger partial charge in [-0.05, 0) is 39.2 Å². The number of ether oxygens (including phenoxy) is 1. The first-order chi connectivity index (χ1) is 11.4. The molecule has 0 aromatic heterocycles. The lowest BCUT2D eigenvalue weighted by molar-refractivity contribution is -0.137. The van der Waals surface area contributed by atoms with Gasteiger partial charge in [0.05, 0.1) is 6.10 Å².